The molecule has 1 unspecified atom stereocenters. The Kier molecular flexibility index (Phi) is 6.63. The summed E-state index contributed by atoms with van der Waals surface area (Å²) in [4.78, 5) is 20.0. The minimum Gasteiger partial charge on any atom is -0.356 e. The van der Waals surface area contributed by atoms with Crippen molar-refractivity contribution in [3.63, 3.8) is 0 Å². The van der Waals surface area contributed by atoms with Gasteiger partial charge in [0.25, 0.3) is 5.91 Å². The van der Waals surface area contributed by atoms with Crippen LogP contribution in [0.1, 0.15) is 34.6 Å². The van der Waals surface area contributed by atoms with E-state index in [1.54, 1.807) is 36.0 Å². The van der Waals surface area contributed by atoms with Gasteiger partial charge in [-0.3, -0.25) is 4.79 Å². The van der Waals surface area contributed by atoms with Gasteiger partial charge in [0.05, 0.1) is 29.0 Å². The first kappa shape index (κ1) is 21.7. The van der Waals surface area contributed by atoms with Crippen LogP contribution in [-0.2, 0) is 6.18 Å². The van der Waals surface area contributed by atoms with E-state index in [0.29, 0.717) is 17.2 Å². The van der Waals surface area contributed by atoms with Crippen LogP contribution in [0, 0.1) is 0 Å². The van der Waals surface area contributed by atoms with Crippen LogP contribution < -0.4 is 16.0 Å². The Morgan fingerprint density at radius 1 is 1.13 bits per heavy atom. The Bertz CT molecular complexity index is 1020. The monoisotopic (exact) mass is 451 g/mol. The molecule has 0 fully saturated rings. The first-order valence-electron chi connectivity index (χ1n) is 8.63. The van der Waals surface area contributed by atoms with Crippen molar-refractivity contribution in [3.05, 3.63) is 70.3 Å². The summed E-state index contributed by atoms with van der Waals surface area (Å²) in [5.41, 5.74) is 1.73. The Hall–Kier alpha value is -3.05. The molecule has 0 spiro atoms. The second-order valence-electron chi connectivity index (χ2n) is 6.17. The molecule has 1 amide bonds. The summed E-state index contributed by atoms with van der Waals surface area (Å²) < 4.78 is 39.6. The number of thiazole rings is 1. The van der Waals surface area contributed by atoms with Crippen LogP contribution >= 0.6 is 23.6 Å². The number of benzene rings is 1. The van der Waals surface area contributed by atoms with Crippen LogP contribution in [0.3, 0.4) is 0 Å². The van der Waals surface area contributed by atoms with E-state index in [9.17, 15) is 18.0 Å². The molecule has 0 saturated heterocycles. The van der Waals surface area contributed by atoms with Crippen molar-refractivity contribution in [1.82, 2.24) is 15.3 Å². The molecule has 30 heavy (non-hydrogen) atoms. The number of nitrogens with one attached hydrogen (secondary N) is 3. The van der Waals surface area contributed by atoms with Gasteiger partial charge in [-0.25, -0.2) is 9.97 Å². The van der Waals surface area contributed by atoms with Gasteiger partial charge in [-0.2, -0.15) is 13.2 Å². The second kappa shape index (κ2) is 9.18. The number of thiocarbonyl (C=S) groups is 1. The van der Waals surface area contributed by atoms with E-state index < -0.39 is 17.8 Å². The molecule has 2 aromatic heterocycles. The van der Waals surface area contributed by atoms with Crippen molar-refractivity contribution in [2.45, 2.75) is 19.1 Å². The molecule has 0 aliphatic carbocycles. The van der Waals surface area contributed by atoms with Crippen LogP contribution in [-0.4, -0.2) is 21.0 Å². The van der Waals surface area contributed by atoms with Crippen LogP contribution in [0.25, 0.3) is 0 Å². The zero-order chi connectivity index (χ0) is 21.7. The number of carbonyl (C=O) groups excluding carboxylic acids is 1. The molecule has 1 atom stereocenters. The highest BCUT2D eigenvalue weighted by Crippen LogP contribution is 2.34. The Labute approximate surface area is 179 Å². The first-order valence-corrected chi connectivity index (χ1v) is 9.98. The van der Waals surface area contributed by atoms with Gasteiger partial charge in [0.1, 0.15) is 11.5 Å². The van der Waals surface area contributed by atoms with Crippen molar-refractivity contribution in [3.8, 4) is 0 Å². The summed E-state index contributed by atoms with van der Waals surface area (Å²) in [5, 5.41) is 10.1. The number of pyridine rings is 1. The molecule has 3 rings (SSSR count). The lowest BCUT2D eigenvalue weighted by molar-refractivity contribution is -0.138. The number of aromatic nitrogens is 2. The van der Waals surface area contributed by atoms with Crippen molar-refractivity contribution in [2.24, 2.45) is 0 Å². The molecule has 0 aliphatic rings. The lowest BCUT2D eigenvalue weighted by Crippen LogP contribution is -2.32. The number of rotatable bonds is 5. The zero-order valence-corrected chi connectivity index (χ0v) is 17.2. The lowest BCUT2D eigenvalue weighted by Gasteiger charge is -2.21. The van der Waals surface area contributed by atoms with Crippen LogP contribution in [0.5, 0.6) is 0 Å². The molecule has 2 heterocycles. The molecule has 1 aromatic carbocycles. The zero-order valence-electron chi connectivity index (χ0n) is 15.5. The van der Waals surface area contributed by atoms with Crippen molar-refractivity contribution >= 4 is 46.1 Å². The standard InChI is InChI=1S/C19H16F3N5OS2/c1-11(13-4-2-3-5-14(13)19(20,21)22)25-18(29)26-12-6-7-16(23-8-12)27-17(28)15-9-30-10-24-15/h2-11H,1H3,(H,23,27,28)(H2,25,26,29). The fourth-order valence-corrected chi connectivity index (χ4v) is 3.45. The molecule has 3 N–H and O–H groups in total. The van der Waals surface area contributed by atoms with E-state index >= 15 is 0 Å². The third kappa shape index (κ3) is 5.51. The average molecular weight is 451 g/mol. The van der Waals surface area contributed by atoms with Crippen molar-refractivity contribution in [2.75, 3.05) is 10.6 Å². The summed E-state index contributed by atoms with van der Waals surface area (Å²) in [6.07, 6.45) is -3.01. The number of amides is 1. The number of nitrogens with zero attached hydrogens (tertiary/aromatic N) is 2. The first-order chi connectivity index (χ1) is 14.2. The summed E-state index contributed by atoms with van der Waals surface area (Å²) in [6, 6.07) is 7.85. The minimum atomic E-state index is -4.45. The van der Waals surface area contributed by atoms with Crippen molar-refractivity contribution in [1.29, 1.82) is 0 Å². The number of hydrogen-bond acceptors (Lipinski definition) is 5. The van der Waals surface area contributed by atoms with Gasteiger partial charge < -0.3 is 16.0 Å². The normalized spacial score (nSPS) is 12.1. The van der Waals surface area contributed by atoms with Gasteiger partial charge in [-0.1, -0.05) is 18.2 Å². The molecule has 11 heteroatoms. The molecule has 3 aromatic rings. The predicted molar refractivity (Wildman–Crippen MR) is 114 cm³/mol. The van der Waals surface area contributed by atoms with Gasteiger partial charge >= 0.3 is 6.18 Å². The molecular formula is C19H16F3N5OS2. The van der Waals surface area contributed by atoms with Crippen LogP contribution in [0.4, 0.5) is 24.7 Å². The van der Waals surface area contributed by atoms with E-state index in [4.69, 9.17) is 12.2 Å². The van der Waals surface area contributed by atoms with E-state index in [1.165, 1.54) is 29.7 Å². The van der Waals surface area contributed by atoms with Crippen molar-refractivity contribution < 1.29 is 18.0 Å². The smallest absolute Gasteiger partial charge is 0.356 e. The van der Waals surface area contributed by atoms with Gasteiger partial charge in [0, 0.05) is 5.38 Å². The number of alkyl halides is 3. The SMILES string of the molecule is CC(NC(=S)Nc1ccc(NC(=O)c2cscn2)nc1)c1ccccc1C(F)(F)F. The Balaban J connectivity index is 1.59. The number of anilines is 2. The summed E-state index contributed by atoms with van der Waals surface area (Å²) in [5.74, 6) is -0.0521. The van der Waals surface area contributed by atoms with E-state index in [0.717, 1.165) is 6.07 Å². The number of halogens is 3. The molecule has 6 nitrogen and oxygen atoms in total. The topological polar surface area (TPSA) is 78.9 Å². The molecule has 0 bridgehead atoms. The summed E-state index contributed by atoms with van der Waals surface area (Å²) in [6.45, 7) is 1.59. The fraction of sp³-hybridized carbons (Fsp3) is 0.158. The van der Waals surface area contributed by atoms with Gasteiger partial charge in [0.2, 0.25) is 0 Å². The number of carbonyl (C=O) groups is 1. The van der Waals surface area contributed by atoms with E-state index in [-0.39, 0.29) is 16.6 Å². The fourth-order valence-electron chi connectivity index (χ4n) is 2.62. The average Bonchev–Trinajstić information content (AvgIpc) is 3.24. The van der Waals surface area contributed by atoms with Crippen LogP contribution in [0.15, 0.2) is 53.5 Å². The molecule has 156 valence electrons. The highest BCUT2D eigenvalue weighted by Gasteiger charge is 2.34. The highest BCUT2D eigenvalue weighted by atomic mass is 32.1. The largest absolute Gasteiger partial charge is 0.416 e. The molecular weight excluding hydrogens is 435 g/mol. The maximum Gasteiger partial charge on any atom is 0.416 e. The Morgan fingerprint density at radius 3 is 2.53 bits per heavy atom. The second-order valence-corrected chi connectivity index (χ2v) is 7.29. The minimum absolute atomic E-state index is 0.0902. The maximum atomic E-state index is 13.2. The van der Waals surface area contributed by atoms with E-state index in [1.807, 2.05) is 0 Å². The third-order valence-corrected chi connectivity index (χ3v) is 4.81. The predicted octanol–water partition coefficient (Wildman–Crippen LogP) is 4.86. The van der Waals surface area contributed by atoms with Crippen LogP contribution in [0.2, 0.25) is 0 Å². The highest BCUT2D eigenvalue weighted by molar-refractivity contribution is 7.80. The quantitative estimate of drug-likeness (QED) is 0.481. The van der Waals surface area contributed by atoms with Gasteiger partial charge in [-0.05, 0) is 42.9 Å². The summed E-state index contributed by atoms with van der Waals surface area (Å²) in [7, 11) is 0. The molecule has 0 saturated carbocycles. The number of hydrogen-bond donors (Lipinski definition) is 3. The molecule has 0 aliphatic heterocycles. The van der Waals surface area contributed by atoms with Gasteiger partial charge in [0.15, 0.2) is 5.11 Å². The summed E-state index contributed by atoms with van der Waals surface area (Å²) >= 11 is 6.50. The van der Waals surface area contributed by atoms with E-state index in [2.05, 4.69) is 25.9 Å². The lowest BCUT2D eigenvalue weighted by atomic mass is 10.0. The van der Waals surface area contributed by atoms with Gasteiger partial charge in [-0.15, -0.1) is 11.3 Å². The molecule has 0 radical (unpaired) electrons. The third-order valence-electron chi connectivity index (χ3n) is 4.01. The maximum absolute atomic E-state index is 13.2. The Morgan fingerprint density at radius 2 is 1.90 bits per heavy atom.